The van der Waals surface area contributed by atoms with Crippen molar-refractivity contribution in [2.45, 2.75) is 13.8 Å². The third-order valence-corrected chi connectivity index (χ3v) is 4.57. The van der Waals surface area contributed by atoms with E-state index in [-0.39, 0.29) is 5.91 Å². The highest BCUT2D eigenvalue weighted by Crippen LogP contribution is 2.22. The van der Waals surface area contributed by atoms with E-state index in [0.29, 0.717) is 5.56 Å². The summed E-state index contributed by atoms with van der Waals surface area (Å²) in [6.45, 7) is 4.04. The van der Waals surface area contributed by atoms with E-state index < -0.39 is 0 Å². The summed E-state index contributed by atoms with van der Waals surface area (Å²) in [7, 11) is 0. The molecule has 0 unspecified atom stereocenters. The number of benzene rings is 3. The van der Waals surface area contributed by atoms with Crippen LogP contribution in [0.5, 0.6) is 0 Å². The lowest BCUT2D eigenvalue weighted by molar-refractivity contribution is 0.102. The predicted octanol–water partition coefficient (Wildman–Crippen LogP) is 5.10. The molecular weight excluding hydrogens is 322 g/mol. The lowest BCUT2D eigenvalue weighted by atomic mass is 10.1. The number of nitrogens with one attached hydrogen (secondary N) is 2. The number of carbonyl (C=O) groups excluding carboxylic acids is 1. The van der Waals surface area contributed by atoms with Crippen molar-refractivity contribution in [1.82, 2.24) is 9.97 Å². The average Bonchev–Trinajstić information content (AvgIpc) is 3.08. The van der Waals surface area contributed by atoms with Gasteiger partial charge >= 0.3 is 0 Å². The summed E-state index contributed by atoms with van der Waals surface area (Å²) in [5.74, 6) is 0.711. The highest BCUT2D eigenvalue weighted by molar-refractivity contribution is 6.04. The van der Waals surface area contributed by atoms with Gasteiger partial charge in [-0.25, -0.2) is 4.98 Å². The molecule has 3 aromatic carbocycles. The van der Waals surface area contributed by atoms with Crippen molar-refractivity contribution < 1.29 is 4.79 Å². The number of amides is 1. The largest absolute Gasteiger partial charge is 0.338 e. The Bertz CT molecular complexity index is 1060. The van der Waals surface area contributed by atoms with Gasteiger partial charge in [0, 0.05) is 16.8 Å². The number of H-pyrrole nitrogens is 1. The first kappa shape index (κ1) is 16.1. The molecule has 0 bridgehead atoms. The lowest BCUT2D eigenvalue weighted by Crippen LogP contribution is -2.12. The van der Waals surface area contributed by atoms with Gasteiger partial charge in [0.15, 0.2) is 0 Å². The Kier molecular flexibility index (Phi) is 4.01. The molecule has 0 aliphatic rings. The molecule has 0 spiro atoms. The number of aromatic amines is 1. The van der Waals surface area contributed by atoms with Crippen molar-refractivity contribution in [3.63, 3.8) is 0 Å². The highest BCUT2D eigenvalue weighted by atomic mass is 16.1. The third-order valence-electron chi connectivity index (χ3n) is 4.57. The maximum Gasteiger partial charge on any atom is 0.255 e. The summed E-state index contributed by atoms with van der Waals surface area (Å²) >= 11 is 0. The smallest absolute Gasteiger partial charge is 0.255 e. The molecule has 26 heavy (non-hydrogen) atoms. The number of aromatic nitrogens is 2. The van der Waals surface area contributed by atoms with Gasteiger partial charge in [-0.15, -0.1) is 0 Å². The summed E-state index contributed by atoms with van der Waals surface area (Å²) in [5.41, 5.74) is 6.63. The third kappa shape index (κ3) is 3.09. The Morgan fingerprint density at radius 2 is 1.69 bits per heavy atom. The van der Waals surface area contributed by atoms with Gasteiger partial charge in [-0.05, 0) is 73.5 Å². The fraction of sp³-hybridized carbons (Fsp3) is 0.0909. The molecule has 4 nitrogen and oxygen atoms in total. The molecule has 1 aromatic heterocycles. The quantitative estimate of drug-likeness (QED) is 0.545. The fourth-order valence-corrected chi connectivity index (χ4v) is 2.89. The molecule has 0 saturated heterocycles. The first-order chi connectivity index (χ1) is 12.6. The van der Waals surface area contributed by atoms with Crippen LogP contribution in [0.2, 0.25) is 0 Å². The molecule has 1 amide bonds. The minimum Gasteiger partial charge on any atom is -0.338 e. The maximum absolute atomic E-state index is 12.4. The molecule has 0 atom stereocenters. The SMILES string of the molecule is Cc1ccc(C(=O)Nc2ccc(-c3nc4ccccc4[nH]3)cc2)cc1C. The van der Waals surface area contributed by atoms with E-state index in [2.05, 4.69) is 15.3 Å². The van der Waals surface area contributed by atoms with Gasteiger partial charge in [0.05, 0.1) is 11.0 Å². The standard InChI is InChI=1S/C22H19N3O/c1-14-7-8-17(13-15(14)2)22(26)23-18-11-9-16(10-12-18)21-24-19-5-3-4-6-20(19)25-21/h3-13H,1-2H3,(H,23,26)(H,24,25). The van der Waals surface area contributed by atoms with Gasteiger partial charge in [-0.1, -0.05) is 18.2 Å². The van der Waals surface area contributed by atoms with Gasteiger partial charge in [0.2, 0.25) is 0 Å². The molecule has 0 aliphatic carbocycles. The minimum absolute atomic E-state index is 0.107. The van der Waals surface area contributed by atoms with E-state index in [9.17, 15) is 4.79 Å². The van der Waals surface area contributed by atoms with Crippen molar-refractivity contribution in [1.29, 1.82) is 0 Å². The van der Waals surface area contributed by atoms with E-state index in [4.69, 9.17) is 0 Å². The van der Waals surface area contributed by atoms with Crippen molar-refractivity contribution in [2.24, 2.45) is 0 Å². The summed E-state index contributed by atoms with van der Waals surface area (Å²) in [6, 6.07) is 21.3. The van der Waals surface area contributed by atoms with Crippen LogP contribution < -0.4 is 5.32 Å². The Hall–Kier alpha value is -3.40. The monoisotopic (exact) mass is 341 g/mol. The first-order valence-corrected chi connectivity index (χ1v) is 8.54. The molecule has 2 N–H and O–H groups in total. The second-order valence-electron chi connectivity index (χ2n) is 6.43. The van der Waals surface area contributed by atoms with Crippen LogP contribution in [-0.2, 0) is 0 Å². The van der Waals surface area contributed by atoms with Gasteiger partial charge in [-0.2, -0.15) is 0 Å². The van der Waals surface area contributed by atoms with Crippen molar-refractivity contribution in [2.75, 3.05) is 5.32 Å². The van der Waals surface area contributed by atoms with Crippen LogP contribution >= 0.6 is 0 Å². The Labute approximate surface area is 151 Å². The van der Waals surface area contributed by atoms with E-state index in [1.807, 2.05) is 80.6 Å². The van der Waals surface area contributed by atoms with Crippen LogP contribution in [0.25, 0.3) is 22.4 Å². The molecule has 4 rings (SSSR count). The average molecular weight is 341 g/mol. The zero-order chi connectivity index (χ0) is 18.1. The van der Waals surface area contributed by atoms with Crippen molar-refractivity contribution in [3.8, 4) is 11.4 Å². The Morgan fingerprint density at radius 3 is 2.42 bits per heavy atom. The fourth-order valence-electron chi connectivity index (χ4n) is 2.89. The zero-order valence-corrected chi connectivity index (χ0v) is 14.7. The molecule has 1 heterocycles. The van der Waals surface area contributed by atoms with Crippen molar-refractivity contribution in [3.05, 3.63) is 83.4 Å². The number of anilines is 1. The van der Waals surface area contributed by atoms with Gasteiger partial charge in [0.25, 0.3) is 5.91 Å². The van der Waals surface area contributed by atoms with Crippen LogP contribution in [0.4, 0.5) is 5.69 Å². The molecular formula is C22H19N3O. The number of aryl methyl sites for hydroxylation is 2. The van der Waals surface area contributed by atoms with Crippen LogP contribution in [0.15, 0.2) is 66.7 Å². The van der Waals surface area contributed by atoms with E-state index in [0.717, 1.165) is 33.7 Å². The van der Waals surface area contributed by atoms with E-state index in [1.165, 1.54) is 5.56 Å². The Balaban J connectivity index is 1.53. The van der Waals surface area contributed by atoms with Crippen molar-refractivity contribution >= 4 is 22.6 Å². The number of para-hydroxylation sites is 2. The number of hydrogen-bond donors (Lipinski definition) is 2. The molecule has 0 saturated carbocycles. The topological polar surface area (TPSA) is 57.8 Å². The number of carbonyl (C=O) groups is 1. The Morgan fingerprint density at radius 1 is 0.923 bits per heavy atom. The molecule has 4 aromatic rings. The predicted molar refractivity (Wildman–Crippen MR) is 105 cm³/mol. The summed E-state index contributed by atoms with van der Waals surface area (Å²) in [5, 5.41) is 2.94. The first-order valence-electron chi connectivity index (χ1n) is 8.54. The molecule has 4 heteroatoms. The molecule has 0 aliphatic heterocycles. The second kappa shape index (κ2) is 6.48. The zero-order valence-electron chi connectivity index (χ0n) is 14.7. The van der Waals surface area contributed by atoms with Crippen LogP contribution in [0.1, 0.15) is 21.5 Å². The highest BCUT2D eigenvalue weighted by Gasteiger charge is 2.08. The van der Waals surface area contributed by atoms with Gasteiger partial charge < -0.3 is 10.3 Å². The molecule has 128 valence electrons. The summed E-state index contributed by atoms with van der Waals surface area (Å²) in [6.07, 6.45) is 0. The van der Waals surface area contributed by atoms with E-state index >= 15 is 0 Å². The number of nitrogens with zero attached hydrogens (tertiary/aromatic N) is 1. The molecule has 0 fully saturated rings. The number of hydrogen-bond acceptors (Lipinski definition) is 2. The second-order valence-corrected chi connectivity index (χ2v) is 6.43. The lowest BCUT2D eigenvalue weighted by Gasteiger charge is -2.08. The normalized spacial score (nSPS) is 10.8. The maximum atomic E-state index is 12.4. The summed E-state index contributed by atoms with van der Waals surface area (Å²) in [4.78, 5) is 20.3. The van der Waals surface area contributed by atoms with Gasteiger partial charge in [-0.3, -0.25) is 4.79 Å². The minimum atomic E-state index is -0.107. The van der Waals surface area contributed by atoms with Crippen LogP contribution in [0.3, 0.4) is 0 Å². The number of fused-ring (bicyclic) bond motifs is 1. The van der Waals surface area contributed by atoms with Crippen LogP contribution in [-0.4, -0.2) is 15.9 Å². The number of rotatable bonds is 3. The number of imidazole rings is 1. The van der Waals surface area contributed by atoms with Gasteiger partial charge in [0.1, 0.15) is 5.82 Å². The molecule has 0 radical (unpaired) electrons. The summed E-state index contributed by atoms with van der Waals surface area (Å²) < 4.78 is 0. The van der Waals surface area contributed by atoms with Crippen LogP contribution in [0, 0.1) is 13.8 Å². The van der Waals surface area contributed by atoms with E-state index in [1.54, 1.807) is 0 Å².